The number of aromatic nitrogens is 1. The summed E-state index contributed by atoms with van der Waals surface area (Å²) in [7, 11) is 0. The van der Waals surface area contributed by atoms with Crippen molar-refractivity contribution in [2.45, 2.75) is 32.7 Å². The van der Waals surface area contributed by atoms with Crippen LogP contribution < -0.4 is 5.32 Å². The molecule has 1 amide bonds. The van der Waals surface area contributed by atoms with Gasteiger partial charge in [0.1, 0.15) is 5.76 Å². The van der Waals surface area contributed by atoms with Crippen molar-refractivity contribution in [3.63, 3.8) is 0 Å². The molecule has 6 nitrogen and oxygen atoms in total. The summed E-state index contributed by atoms with van der Waals surface area (Å²) in [5.41, 5.74) is 1.78. The Kier molecular flexibility index (Phi) is 5.83. The molecule has 22 heavy (non-hydrogen) atoms. The average molecular weight is 329 g/mol. The van der Waals surface area contributed by atoms with E-state index < -0.39 is 0 Å². The molecular weight excluding hydrogens is 304 g/mol. The third-order valence-corrected chi connectivity index (χ3v) is 4.69. The second kappa shape index (κ2) is 7.44. The fourth-order valence-electron chi connectivity index (χ4n) is 3.33. The smallest absolute Gasteiger partial charge is 0.227 e. The third-order valence-electron chi connectivity index (χ3n) is 4.69. The van der Waals surface area contributed by atoms with Crippen LogP contribution in [-0.4, -0.2) is 66.2 Å². The number of amides is 1. The van der Waals surface area contributed by atoms with Crippen LogP contribution in [0.15, 0.2) is 4.52 Å². The van der Waals surface area contributed by atoms with Crippen molar-refractivity contribution in [1.82, 2.24) is 20.3 Å². The van der Waals surface area contributed by atoms with Gasteiger partial charge in [0, 0.05) is 50.9 Å². The topological polar surface area (TPSA) is 61.6 Å². The van der Waals surface area contributed by atoms with Gasteiger partial charge in [-0.2, -0.15) is 0 Å². The lowest BCUT2D eigenvalue weighted by Crippen LogP contribution is -2.49. The fraction of sp³-hybridized carbons (Fsp3) is 0.733. The van der Waals surface area contributed by atoms with E-state index in [2.05, 4.69) is 15.4 Å². The Morgan fingerprint density at radius 1 is 1.32 bits per heavy atom. The molecule has 3 rings (SSSR count). The molecule has 1 atom stereocenters. The van der Waals surface area contributed by atoms with Crippen molar-refractivity contribution in [1.29, 1.82) is 0 Å². The molecule has 3 heterocycles. The molecule has 1 unspecified atom stereocenters. The van der Waals surface area contributed by atoms with Crippen LogP contribution in [0.2, 0.25) is 0 Å². The number of rotatable bonds is 3. The van der Waals surface area contributed by atoms with Gasteiger partial charge in [0.15, 0.2) is 0 Å². The second-order valence-electron chi connectivity index (χ2n) is 6.05. The van der Waals surface area contributed by atoms with Crippen molar-refractivity contribution in [2.75, 3.05) is 39.3 Å². The van der Waals surface area contributed by atoms with Crippen LogP contribution in [0.25, 0.3) is 0 Å². The zero-order chi connectivity index (χ0) is 14.8. The number of nitrogens with one attached hydrogen (secondary N) is 1. The van der Waals surface area contributed by atoms with E-state index in [0.717, 1.165) is 62.7 Å². The molecule has 1 aromatic rings. The maximum absolute atomic E-state index is 12.5. The molecule has 0 saturated carbocycles. The maximum atomic E-state index is 12.5. The highest BCUT2D eigenvalue weighted by atomic mass is 35.5. The molecule has 0 aromatic carbocycles. The van der Waals surface area contributed by atoms with Crippen LogP contribution in [0.4, 0.5) is 0 Å². The minimum Gasteiger partial charge on any atom is -0.361 e. The van der Waals surface area contributed by atoms with Gasteiger partial charge >= 0.3 is 0 Å². The van der Waals surface area contributed by atoms with Gasteiger partial charge in [-0.05, 0) is 20.3 Å². The monoisotopic (exact) mass is 328 g/mol. The van der Waals surface area contributed by atoms with E-state index in [1.54, 1.807) is 0 Å². The van der Waals surface area contributed by atoms with Crippen molar-refractivity contribution in [3.8, 4) is 0 Å². The Morgan fingerprint density at radius 3 is 2.68 bits per heavy atom. The fourth-order valence-corrected chi connectivity index (χ4v) is 3.33. The summed E-state index contributed by atoms with van der Waals surface area (Å²) in [5, 5.41) is 7.30. The highest BCUT2D eigenvalue weighted by Crippen LogP contribution is 2.19. The van der Waals surface area contributed by atoms with E-state index in [1.807, 2.05) is 18.7 Å². The standard InChI is InChI=1S/C15H24N4O2.ClH/c1-11-14(12(2)21-17-11)9-15(20)19-6-3-13(10-19)18-7-4-16-5-8-18;/h13,16H,3-10H2,1-2H3;1H. The largest absolute Gasteiger partial charge is 0.361 e. The number of hydrogen-bond donors (Lipinski definition) is 1. The van der Waals surface area contributed by atoms with Gasteiger partial charge in [0.2, 0.25) is 5.91 Å². The Morgan fingerprint density at radius 2 is 2.05 bits per heavy atom. The Hall–Kier alpha value is -1.11. The zero-order valence-corrected chi connectivity index (χ0v) is 14.1. The summed E-state index contributed by atoms with van der Waals surface area (Å²) in [6.45, 7) is 9.81. The van der Waals surface area contributed by atoms with Gasteiger partial charge in [-0.3, -0.25) is 9.69 Å². The normalized spacial score (nSPS) is 22.6. The molecule has 7 heteroatoms. The van der Waals surface area contributed by atoms with Crippen LogP contribution in [0, 0.1) is 13.8 Å². The highest BCUT2D eigenvalue weighted by Gasteiger charge is 2.31. The summed E-state index contributed by atoms with van der Waals surface area (Å²) in [6.07, 6.45) is 1.50. The predicted molar refractivity (Wildman–Crippen MR) is 86.4 cm³/mol. The number of piperazine rings is 1. The van der Waals surface area contributed by atoms with Crippen molar-refractivity contribution >= 4 is 18.3 Å². The Bertz CT molecular complexity index is 494. The van der Waals surface area contributed by atoms with E-state index in [0.29, 0.717) is 12.5 Å². The van der Waals surface area contributed by atoms with Gasteiger partial charge < -0.3 is 14.7 Å². The van der Waals surface area contributed by atoms with E-state index in [1.165, 1.54) is 0 Å². The number of carbonyl (C=O) groups is 1. The highest BCUT2D eigenvalue weighted by molar-refractivity contribution is 5.85. The molecular formula is C15H25ClN4O2. The molecule has 0 bridgehead atoms. The average Bonchev–Trinajstić information content (AvgIpc) is 3.11. The van der Waals surface area contributed by atoms with E-state index in [4.69, 9.17) is 4.52 Å². The first kappa shape index (κ1) is 17.2. The molecule has 2 aliphatic heterocycles. The van der Waals surface area contributed by atoms with Crippen LogP contribution in [0.5, 0.6) is 0 Å². The lowest BCUT2D eigenvalue weighted by Gasteiger charge is -2.32. The first-order valence-corrected chi connectivity index (χ1v) is 7.79. The van der Waals surface area contributed by atoms with Gasteiger partial charge in [0.25, 0.3) is 0 Å². The lowest BCUT2D eigenvalue weighted by molar-refractivity contribution is -0.129. The van der Waals surface area contributed by atoms with Gasteiger partial charge in [-0.1, -0.05) is 5.16 Å². The summed E-state index contributed by atoms with van der Waals surface area (Å²) in [6, 6.07) is 0.528. The summed E-state index contributed by atoms with van der Waals surface area (Å²) < 4.78 is 5.14. The second-order valence-corrected chi connectivity index (χ2v) is 6.05. The maximum Gasteiger partial charge on any atom is 0.227 e. The van der Waals surface area contributed by atoms with Crippen LogP contribution in [-0.2, 0) is 11.2 Å². The van der Waals surface area contributed by atoms with Gasteiger partial charge in [-0.25, -0.2) is 0 Å². The summed E-state index contributed by atoms with van der Waals surface area (Å²) in [5.74, 6) is 0.959. The Labute approximate surface area is 137 Å². The first-order valence-electron chi connectivity index (χ1n) is 7.79. The molecule has 0 spiro atoms. The quantitative estimate of drug-likeness (QED) is 0.887. The molecule has 124 valence electrons. The number of aryl methyl sites for hydroxylation is 2. The summed E-state index contributed by atoms with van der Waals surface area (Å²) in [4.78, 5) is 17.0. The SMILES string of the molecule is Cc1noc(C)c1CC(=O)N1CCC(N2CCNCC2)C1.Cl. The van der Waals surface area contributed by atoms with Crippen molar-refractivity contribution < 1.29 is 9.32 Å². The minimum absolute atomic E-state index is 0. The van der Waals surface area contributed by atoms with Crippen LogP contribution in [0.3, 0.4) is 0 Å². The van der Waals surface area contributed by atoms with Gasteiger partial charge in [0.05, 0.1) is 12.1 Å². The number of halogens is 1. The van der Waals surface area contributed by atoms with E-state index in [-0.39, 0.29) is 18.3 Å². The molecule has 2 aliphatic rings. The predicted octanol–water partition coefficient (Wildman–Crippen LogP) is 0.762. The van der Waals surface area contributed by atoms with E-state index >= 15 is 0 Å². The lowest BCUT2D eigenvalue weighted by atomic mass is 10.1. The zero-order valence-electron chi connectivity index (χ0n) is 13.3. The third kappa shape index (κ3) is 3.62. The van der Waals surface area contributed by atoms with E-state index in [9.17, 15) is 4.79 Å². The van der Waals surface area contributed by atoms with Crippen LogP contribution in [0.1, 0.15) is 23.4 Å². The minimum atomic E-state index is 0. The number of hydrogen-bond acceptors (Lipinski definition) is 5. The molecule has 2 saturated heterocycles. The van der Waals surface area contributed by atoms with Crippen molar-refractivity contribution in [3.05, 3.63) is 17.0 Å². The number of carbonyl (C=O) groups excluding carboxylic acids is 1. The molecule has 1 aromatic heterocycles. The molecule has 1 N–H and O–H groups in total. The summed E-state index contributed by atoms with van der Waals surface area (Å²) >= 11 is 0. The van der Waals surface area contributed by atoms with Crippen LogP contribution >= 0.6 is 12.4 Å². The van der Waals surface area contributed by atoms with Gasteiger partial charge in [-0.15, -0.1) is 12.4 Å². The molecule has 0 aliphatic carbocycles. The number of likely N-dealkylation sites (tertiary alicyclic amines) is 1. The Balaban J connectivity index is 0.00000176. The number of nitrogens with zero attached hydrogens (tertiary/aromatic N) is 3. The molecule has 2 fully saturated rings. The van der Waals surface area contributed by atoms with Crippen molar-refractivity contribution in [2.24, 2.45) is 0 Å². The molecule has 0 radical (unpaired) electrons. The first-order chi connectivity index (χ1) is 10.1.